The van der Waals surface area contributed by atoms with Crippen LogP contribution < -0.4 is 10.5 Å². The molecule has 1 atom stereocenters. The molecular weight excluding hydrogens is 229 g/mol. The SMILES string of the molecule is COc1ccc(CCC(F)(CN)C(C)(C)C)cc1. The molecule has 3 heteroatoms. The summed E-state index contributed by atoms with van der Waals surface area (Å²) in [4.78, 5) is 0. The Bertz CT molecular complexity index is 369. The van der Waals surface area contributed by atoms with Gasteiger partial charge in [0.05, 0.1) is 7.11 Å². The van der Waals surface area contributed by atoms with E-state index < -0.39 is 11.1 Å². The van der Waals surface area contributed by atoms with Crippen molar-refractivity contribution in [1.29, 1.82) is 0 Å². The fraction of sp³-hybridized carbons (Fsp3) is 0.600. The minimum absolute atomic E-state index is 0.0622. The molecule has 2 N–H and O–H groups in total. The minimum Gasteiger partial charge on any atom is -0.497 e. The first-order valence-electron chi connectivity index (χ1n) is 6.34. The molecule has 0 bridgehead atoms. The van der Waals surface area contributed by atoms with E-state index in [9.17, 15) is 4.39 Å². The van der Waals surface area contributed by atoms with Crippen LogP contribution in [0.3, 0.4) is 0 Å². The molecule has 1 rings (SSSR count). The third-order valence-corrected chi connectivity index (χ3v) is 3.64. The monoisotopic (exact) mass is 253 g/mol. The van der Waals surface area contributed by atoms with Crippen molar-refractivity contribution >= 4 is 0 Å². The third-order valence-electron chi connectivity index (χ3n) is 3.64. The quantitative estimate of drug-likeness (QED) is 0.873. The Hall–Kier alpha value is -1.09. The van der Waals surface area contributed by atoms with Crippen molar-refractivity contribution in [3.63, 3.8) is 0 Å². The van der Waals surface area contributed by atoms with Gasteiger partial charge in [-0.05, 0) is 36.0 Å². The van der Waals surface area contributed by atoms with E-state index in [-0.39, 0.29) is 6.54 Å². The first-order chi connectivity index (χ1) is 8.32. The topological polar surface area (TPSA) is 35.2 Å². The summed E-state index contributed by atoms with van der Waals surface area (Å²) in [6.07, 6.45) is 1.13. The summed E-state index contributed by atoms with van der Waals surface area (Å²) in [5.41, 5.74) is 4.95. The number of nitrogens with two attached hydrogens (primary N) is 1. The number of hydrogen-bond acceptors (Lipinski definition) is 2. The molecule has 0 fully saturated rings. The van der Waals surface area contributed by atoms with Crippen molar-refractivity contribution in [1.82, 2.24) is 0 Å². The highest BCUT2D eigenvalue weighted by molar-refractivity contribution is 5.27. The molecule has 0 aliphatic carbocycles. The van der Waals surface area contributed by atoms with Gasteiger partial charge in [-0.15, -0.1) is 0 Å². The highest BCUT2D eigenvalue weighted by Gasteiger charge is 2.40. The fourth-order valence-electron chi connectivity index (χ4n) is 1.92. The van der Waals surface area contributed by atoms with Gasteiger partial charge in [0.2, 0.25) is 0 Å². The molecule has 2 nitrogen and oxygen atoms in total. The number of rotatable bonds is 5. The van der Waals surface area contributed by atoms with E-state index in [2.05, 4.69) is 0 Å². The van der Waals surface area contributed by atoms with E-state index in [1.165, 1.54) is 0 Å². The maximum Gasteiger partial charge on any atom is 0.128 e. The molecule has 0 amide bonds. The van der Waals surface area contributed by atoms with Gasteiger partial charge < -0.3 is 10.5 Å². The number of alkyl halides is 1. The molecule has 0 aliphatic rings. The maximum atomic E-state index is 14.7. The molecule has 1 aromatic carbocycles. The second kappa shape index (κ2) is 5.70. The standard InChI is InChI=1S/C15H24FNO/c1-14(2,3)15(16,11-17)10-9-12-5-7-13(18-4)8-6-12/h5-8H,9-11,17H2,1-4H3. The van der Waals surface area contributed by atoms with Crippen LogP contribution in [0.15, 0.2) is 24.3 Å². The van der Waals surface area contributed by atoms with Crippen LogP contribution in [0.4, 0.5) is 4.39 Å². The first kappa shape index (κ1) is 15.0. The highest BCUT2D eigenvalue weighted by Crippen LogP contribution is 2.37. The Morgan fingerprint density at radius 2 is 1.72 bits per heavy atom. The molecule has 0 radical (unpaired) electrons. The van der Waals surface area contributed by atoms with Gasteiger partial charge in [0, 0.05) is 6.54 Å². The van der Waals surface area contributed by atoms with Crippen LogP contribution in [0.5, 0.6) is 5.75 Å². The largest absolute Gasteiger partial charge is 0.497 e. The lowest BCUT2D eigenvalue weighted by Gasteiger charge is -2.37. The van der Waals surface area contributed by atoms with Crippen molar-refractivity contribution in [2.75, 3.05) is 13.7 Å². The smallest absolute Gasteiger partial charge is 0.128 e. The Labute approximate surface area is 109 Å². The van der Waals surface area contributed by atoms with Gasteiger partial charge in [0.25, 0.3) is 0 Å². The lowest BCUT2D eigenvalue weighted by atomic mass is 9.75. The number of ether oxygens (including phenoxy) is 1. The Morgan fingerprint density at radius 3 is 2.11 bits per heavy atom. The summed E-state index contributed by atoms with van der Waals surface area (Å²) in [6, 6.07) is 7.74. The van der Waals surface area contributed by atoms with E-state index in [1.54, 1.807) is 7.11 Å². The van der Waals surface area contributed by atoms with Gasteiger partial charge >= 0.3 is 0 Å². The van der Waals surface area contributed by atoms with E-state index in [0.717, 1.165) is 11.3 Å². The van der Waals surface area contributed by atoms with Crippen molar-refractivity contribution in [3.8, 4) is 5.75 Å². The molecule has 0 spiro atoms. The molecule has 0 aromatic heterocycles. The number of aryl methyl sites for hydroxylation is 1. The van der Waals surface area contributed by atoms with Crippen LogP contribution in [0.1, 0.15) is 32.8 Å². The predicted octanol–water partition coefficient (Wildman–Crippen LogP) is 3.34. The summed E-state index contributed by atoms with van der Waals surface area (Å²) < 4.78 is 19.8. The molecule has 0 aliphatic heterocycles. The molecule has 1 unspecified atom stereocenters. The number of benzene rings is 1. The number of methoxy groups -OCH3 is 1. The molecule has 0 saturated carbocycles. The van der Waals surface area contributed by atoms with Crippen molar-refractivity contribution in [2.24, 2.45) is 11.1 Å². The van der Waals surface area contributed by atoms with Crippen LogP contribution in [0.2, 0.25) is 0 Å². The summed E-state index contributed by atoms with van der Waals surface area (Å²) in [7, 11) is 1.63. The van der Waals surface area contributed by atoms with Gasteiger partial charge in [0.15, 0.2) is 0 Å². The zero-order valence-corrected chi connectivity index (χ0v) is 11.8. The zero-order valence-electron chi connectivity index (χ0n) is 11.8. The van der Waals surface area contributed by atoms with E-state index >= 15 is 0 Å². The van der Waals surface area contributed by atoms with Gasteiger partial charge in [-0.1, -0.05) is 32.9 Å². The van der Waals surface area contributed by atoms with Gasteiger partial charge in [-0.25, -0.2) is 4.39 Å². The summed E-state index contributed by atoms with van der Waals surface area (Å²) in [6.45, 7) is 5.75. The number of halogens is 1. The Kier molecular flexibility index (Phi) is 4.74. The lowest BCUT2D eigenvalue weighted by molar-refractivity contribution is 0.0296. The van der Waals surface area contributed by atoms with Crippen molar-refractivity contribution in [3.05, 3.63) is 29.8 Å². The van der Waals surface area contributed by atoms with Crippen LogP contribution in [-0.4, -0.2) is 19.3 Å². The molecule has 0 heterocycles. The van der Waals surface area contributed by atoms with Crippen LogP contribution in [0, 0.1) is 5.41 Å². The second-order valence-electron chi connectivity index (χ2n) is 5.77. The van der Waals surface area contributed by atoms with Crippen LogP contribution in [0.25, 0.3) is 0 Å². The predicted molar refractivity (Wildman–Crippen MR) is 73.7 cm³/mol. The number of hydrogen-bond donors (Lipinski definition) is 1. The summed E-state index contributed by atoms with van der Waals surface area (Å²) in [5, 5.41) is 0. The molecule has 0 saturated heterocycles. The zero-order chi connectivity index (χ0) is 13.8. The van der Waals surface area contributed by atoms with Crippen LogP contribution >= 0.6 is 0 Å². The van der Waals surface area contributed by atoms with Crippen molar-refractivity contribution < 1.29 is 9.13 Å². The van der Waals surface area contributed by atoms with Crippen LogP contribution in [-0.2, 0) is 6.42 Å². The summed E-state index contributed by atoms with van der Waals surface area (Å²) in [5.74, 6) is 0.819. The normalized spacial score (nSPS) is 15.2. The molecular formula is C15H24FNO. The lowest BCUT2D eigenvalue weighted by Crippen LogP contribution is -2.45. The maximum absolute atomic E-state index is 14.7. The third kappa shape index (κ3) is 3.45. The Morgan fingerprint density at radius 1 is 1.17 bits per heavy atom. The average molecular weight is 253 g/mol. The summed E-state index contributed by atoms with van der Waals surface area (Å²) >= 11 is 0. The van der Waals surface area contributed by atoms with Gasteiger partial charge in [0.1, 0.15) is 11.4 Å². The van der Waals surface area contributed by atoms with E-state index in [1.807, 2.05) is 45.0 Å². The molecule has 102 valence electrons. The Balaban J connectivity index is 2.68. The van der Waals surface area contributed by atoms with E-state index in [4.69, 9.17) is 10.5 Å². The van der Waals surface area contributed by atoms with E-state index in [0.29, 0.717) is 12.8 Å². The van der Waals surface area contributed by atoms with Gasteiger partial charge in [-0.3, -0.25) is 0 Å². The molecule has 18 heavy (non-hydrogen) atoms. The van der Waals surface area contributed by atoms with Crippen molar-refractivity contribution in [2.45, 2.75) is 39.3 Å². The average Bonchev–Trinajstić information content (AvgIpc) is 2.35. The fourth-order valence-corrected chi connectivity index (χ4v) is 1.92. The highest BCUT2D eigenvalue weighted by atomic mass is 19.1. The minimum atomic E-state index is -1.33. The van der Waals surface area contributed by atoms with Gasteiger partial charge in [-0.2, -0.15) is 0 Å². The second-order valence-corrected chi connectivity index (χ2v) is 5.77. The first-order valence-corrected chi connectivity index (χ1v) is 6.34. The molecule has 1 aromatic rings.